The van der Waals surface area contributed by atoms with Gasteiger partial charge < -0.3 is 5.32 Å². The van der Waals surface area contributed by atoms with Crippen LogP contribution in [-0.2, 0) is 5.54 Å². The molecule has 1 aliphatic heterocycles. The van der Waals surface area contributed by atoms with Gasteiger partial charge >= 0.3 is 6.03 Å². The van der Waals surface area contributed by atoms with Gasteiger partial charge in [0.2, 0.25) is 0 Å². The maximum absolute atomic E-state index is 12.9. The van der Waals surface area contributed by atoms with Crippen molar-refractivity contribution in [3.8, 4) is 0 Å². The molecule has 0 saturated heterocycles. The van der Waals surface area contributed by atoms with E-state index in [9.17, 15) is 4.79 Å². The van der Waals surface area contributed by atoms with E-state index in [2.05, 4.69) is 24.4 Å². The third-order valence-electron chi connectivity index (χ3n) is 5.14. The van der Waals surface area contributed by atoms with E-state index in [0.29, 0.717) is 6.54 Å². The third-order valence-corrected chi connectivity index (χ3v) is 5.14. The predicted molar refractivity (Wildman–Crippen MR) is 111 cm³/mol. The number of benzene rings is 2. The summed E-state index contributed by atoms with van der Waals surface area (Å²) in [6, 6.07) is 20.3. The first-order valence-corrected chi connectivity index (χ1v) is 9.79. The van der Waals surface area contributed by atoms with E-state index in [4.69, 9.17) is 5.10 Å². The fraction of sp³-hybridized carbons (Fsp3) is 0.391. The van der Waals surface area contributed by atoms with Crippen LogP contribution in [0.25, 0.3) is 0 Å². The number of nitrogens with one attached hydrogen (secondary N) is 1. The van der Waals surface area contributed by atoms with Crippen molar-refractivity contribution in [3.63, 3.8) is 0 Å². The zero-order valence-electron chi connectivity index (χ0n) is 16.5. The lowest BCUT2D eigenvalue weighted by molar-refractivity contribution is 0.192. The maximum atomic E-state index is 12.9. The van der Waals surface area contributed by atoms with Crippen molar-refractivity contribution in [3.05, 3.63) is 71.8 Å². The van der Waals surface area contributed by atoms with Crippen molar-refractivity contribution >= 4 is 11.7 Å². The van der Waals surface area contributed by atoms with Gasteiger partial charge in [0.25, 0.3) is 0 Å². The lowest BCUT2D eigenvalue weighted by Gasteiger charge is -2.28. The van der Waals surface area contributed by atoms with Gasteiger partial charge in [-0.2, -0.15) is 5.10 Å². The third kappa shape index (κ3) is 4.57. The van der Waals surface area contributed by atoms with Gasteiger partial charge in [-0.15, -0.1) is 0 Å². The molecule has 0 aliphatic carbocycles. The number of hydrogen-bond acceptors (Lipinski definition) is 2. The van der Waals surface area contributed by atoms with Crippen LogP contribution in [0.2, 0.25) is 0 Å². The summed E-state index contributed by atoms with van der Waals surface area (Å²) in [5, 5.41) is 9.45. The number of amides is 2. The van der Waals surface area contributed by atoms with E-state index in [1.54, 1.807) is 5.01 Å². The van der Waals surface area contributed by atoms with Gasteiger partial charge in [0, 0.05) is 11.6 Å². The lowest BCUT2D eigenvalue weighted by Crippen LogP contribution is -2.46. The molecule has 0 bridgehead atoms. The highest BCUT2D eigenvalue weighted by atomic mass is 16.2. The number of carbonyl (C=O) groups excluding carboxylic acids is 1. The van der Waals surface area contributed by atoms with E-state index >= 15 is 0 Å². The first kappa shape index (κ1) is 19.2. The van der Waals surface area contributed by atoms with Gasteiger partial charge in [0.1, 0.15) is 0 Å². The van der Waals surface area contributed by atoms with Gasteiger partial charge in [-0.1, -0.05) is 74.0 Å². The van der Waals surface area contributed by atoms with Crippen LogP contribution in [-0.4, -0.2) is 23.3 Å². The lowest BCUT2D eigenvalue weighted by atomic mass is 9.92. The smallest absolute Gasteiger partial charge is 0.328 e. The quantitative estimate of drug-likeness (QED) is 0.746. The molecule has 142 valence electrons. The van der Waals surface area contributed by atoms with Crippen LogP contribution in [0.1, 0.15) is 57.1 Å². The van der Waals surface area contributed by atoms with Crippen LogP contribution in [0.3, 0.4) is 0 Å². The number of hydrogen-bond donors (Lipinski definition) is 1. The molecule has 2 amide bonds. The zero-order chi connectivity index (χ0) is 19.3. The van der Waals surface area contributed by atoms with Crippen molar-refractivity contribution in [2.24, 2.45) is 5.10 Å². The number of rotatable bonds is 6. The van der Waals surface area contributed by atoms with E-state index in [-0.39, 0.29) is 11.9 Å². The molecule has 3 rings (SSSR count). The Hall–Kier alpha value is -2.62. The first-order chi connectivity index (χ1) is 13.0. The van der Waals surface area contributed by atoms with Gasteiger partial charge in [-0.3, -0.25) is 0 Å². The molecular formula is C23H29N3O. The second-order valence-corrected chi connectivity index (χ2v) is 7.66. The number of nitrogens with zero attached hydrogens (tertiary/aromatic N) is 2. The fourth-order valence-electron chi connectivity index (χ4n) is 3.50. The molecule has 0 saturated carbocycles. The molecule has 0 aromatic heterocycles. The minimum Gasteiger partial charge on any atom is -0.328 e. The summed E-state index contributed by atoms with van der Waals surface area (Å²) in [7, 11) is 0. The summed E-state index contributed by atoms with van der Waals surface area (Å²) in [5.74, 6) is 0.184. The number of carbonyl (C=O) groups is 1. The molecule has 0 spiro atoms. The molecule has 2 aromatic rings. The van der Waals surface area contributed by atoms with E-state index < -0.39 is 5.54 Å². The molecule has 0 fully saturated rings. The zero-order valence-corrected chi connectivity index (χ0v) is 16.5. The summed E-state index contributed by atoms with van der Waals surface area (Å²) in [4.78, 5) is 12.9. The summed E-state index contributed by atoms with van der Waals surface area (Å²) < 4.78 is 0. The minimum atomic E-state index is -0.456. The molecule has 1 N–H and O–H groups in total. The van der Waals surface area contributed by atoms with Crippen LogP contribution >= 0.6 is 0 Å². The van der Waals surface area contributed by atoms with Crippen LogP contribution in [0, 0.1) is 0 Å². The molecule has 4 heteroatoms. The van der Waals surface area contributed by atoms with Gasteiger partial charge in [0.15, 0.2) is 0 Å². The van der Waals surface area contributed by atoms with Crippen LogP contribution in [0.4, 0.5) is 4.79 Å². The highest BCUT2D eigenvalue weighted by molar-refractivity contribution is 5.94. The minimum absolute atomic E-state index is 0.142. The number of urea groups is 1. The standard InChI is InChI=1S/C23H29N3O/c1-4-5-16-21-20(18-12-8-6-9-13-18)17-26(25-21)22(27)24-23(2,3)19-14-10-7-11-15-19/h6-15,20H,4-5,16-17H2,1-3H3,(H,24,27). The summed E-state index contributed by atoms with van der Waals surface area (Å²) in [5.41, 5.74) is 2.95. The molecule has 4 nitrogen and oxygen atoms in total. The Labute approximate surface area is 162 Å². The van der Waals surface area contributed by atoms with Gasteiger partial charge in [-0.05, 0) is 37.8 Å². The van der Waals surface area contributed by atoms with Gasteiger partial charge in [-0.25, -0.2) is 9.80 Å². The van der Waals surface area contributed by atoms with E-state index in [0.717, 1.165) is 30.5 Å². The van der Waals surface area contributed by atoms with Crippen LogP contribution in [0.5, 0.6) is 0 Å². The largest absolute Gasteiger partial charge is 0.338 e. The van der Waals surface area contributed by atoms with Crippen molar-refractivity contribution in [2.45, 2.75) is 51.5 Å². The summed E-state index contributed by atoms with van der Waals surface area (Å²) in [6.45, 7) is 6.82. The number of hydrazone groups is 1. The highest BCUT2D eigenvalue weighted by Gasteiger charge is 2.33. The van der Waals surface area contributed by atoms with Crippen molar-refractivity contribution in [2.75, 3.05) is 6.54 Å². The van der Waals surface area contributed by atoms with Crippen molar-refractivity contribution in [1.82, 2.24) is 10.3 Å². The molecule has 1 unspecified atom stereocenters. The Kier molecular flexibility index (Phi) is 5.94. The summed E-state index contributed by atoms with van der Waals surface area (Å²) in [6.07, 6.45) is 3.14. The Morgan fingerprint density at radius 2 is 1.74 bits per heavy atom. The Morgan fingerprint density at radius 3 is 2.37 bits per heavy atom. The monoisotopic (exact) mass is 363 g/mol. The fourth-order valence-corrected chi connectivity index (χ4v) is 3.50. The SMILES string of the molecule is CCCCC1=NN(C(=O)NC(C)(C)c2ccccc2)CC1c1ccccc1. The first-order valence-electron chi connectivity index (χ1n) is 9.79. The molecule has 2 aromatic carbocycles. The van der Waals surface area contributed by atoms with Crippen molar-refractivity contribution in [1.29, 1.82) is 0 Å². The van der Waals surface area contributed by atoms with E-state index in [1.165, 1.54) is 5.56 Å². The normalized spacial score (nSPS) is 16.9. The highest BCUT2D eigenvalue weighted by Crippen LogP contribution is 2.28. The maximum Gasteiger partial charge on any atom is 0.338 e. The molecular weight excluding hydrogens is 334 g/mol. The molecule has 1 heterocycles. The molecule has 0 radical (unpaired) electrons. The average molecular weight is 364 g/mol. The Morgan fingerprint density at radius 1 is 1.11 bits per heavy atom. The van der Waals surface area contributed by atoms with Crippen LogP contribution < -0.4 is 5.32 Å². The van der Waals surface area contributed by atoms with Crippen molar-refractivity contribution < 1.29 is 4.79 Å². The number of unbranched alkanes of at least 4 members (excludes halogenated alkanes) is 1. The second-order valence-electron chi connectivity index (χ2n) is 7.66. The topological polar surface area (TPSA) is 44.7 Å². The van der Waals surface area contributed by atoms with E-state index in [1.807, 2.05) is 62.4 Å². The second kappa shape index (κ2) is 8.38. The summed E-state index contributed by atoms with van der Waals surface area (Å²) >= 11 is 0. The average Bonchev–Trinajstić information content (AvgIpc) is 3.12. The molecule has 1 aliphatic rings. The molecule has 27 heavy (non-hydrogen) atoms. The van der Waals surface area contributed by atoms with Gasteiger partial charge in [0.05, 0.1) is 12.1 Å². The Bertz CT molecular complexity index is 784. The van der Waals surface area contributed by atoms with Crippen LogP contribution in [0.15, 0.2) is 65.8 Å². The Balaban J connectivity index is 1.76. The predicted octanol–water partition coefficient (Wildman–Crippen LogP) is 5.28. The molecule has 1 atom stereocenters.